The van der Waals surface area contributed by atoms with Crippen molar-refractivity contribution in [1.82, 2.24) is 4.90 Å². The number of benzene rings is 1. The fourth-order valence-corrected chi connectivity index (χ4v) is 2.77. The van der Waals surface area contributed by atoms with Gasteiger partial charge in [-0.15, -0.1) is 11.6 Å². The molecule has 110 valence electrons. The van der Waals surface area contributed by atoms with Crippen molar-refractivity contribution in [2.24, 2.45) is 0 Å². The Kier molecular flexibility index (Phi) is 4.91. The minimum absolute atomic E-state index is 0.150. The van der Waals surface area contributed by atoms with E-state index < -0.39 is 23.4 Å². The molecule has 0 aliphatic carbocycles. The zero-order valence-corrected chi connectivity index (χ0v) is 11.6. The third-order valence-corrected chi connectivity index (χ3v) is 3.90. The van der Waals surface area contributed by atoms with Gasteiger partial charge in [-0.05, 0) is 25.0 Å². The number of hydrogen-bond acceptors (Lipinski definition) is 1. The molecule has 1 unspecified atom stereocenters. The van der Waals surface area contributed by atoms with Crippen LogP contribution < -0.4 is 0 Å². The van der Waals surface area contributed by atoms with E-state index >= 15 is 0 Å². The molecule has 2 nitrogen and oxygen atoms in total. The molecule has 1 fully saturated rings. The Balaban J connectivity index is 2.29. The van der Waals surface area contributed by atoms with E-state index in [0.717, 1.165) is 37.8 Å². The van der Waals surface area contributed by atoms with Crippen molar-refractivity contribution in [1.29, 1.82) is 0 Å². The Hall–Kier alpha value is -1.23. The van der Waals surface area contributed by atoms with Gasteiger partial charge in [0.25, 0.3) is 5.91 Å². The third-order valence-electron chi connectivity index (χ3n) is 3.55. The molecule has 1 aromatic rings. The zero-order valence-electron chi connectivity index (χ0n) is 10.8. The van der Waals surface area contributed by atoms with Crippen LogP contribution in [-0.4, -0.2) is 29.3 Å². The monoisotopic (exact) mass is 305 g/mol. The Morgan fingerprint density at radius 1 is 1.20 bits per heavy atom. The van der Waals surface area contributed by atoms with E-state index in [4.69, 9.17) is 11.6 Å². The summed E-state index contributed by atoms with van der Waals surface area (Å²) in [6.07, 6.45) is 3.54. The van der Waals surface area contributed by atoms with Crippen molar-refractivity contribution in [3.63, 3.8) is 0 Å². The SMILES string of the molecule is O=C(c1cc(F)c(F)c(F)c1)N1CCCCCC1CCl. The summed E-state index contributed by atoms with van der Waals surface area (Å²) >= 11 is 5.86. The predicted octanol–water partition coefficient (Wildman–Crippen LogP) is 3.73. The lowest BCUT2D eigenvalue weighted by Gasteiger charge is -2.28. The largest absolute Gasteiger partial charge is 0.334 e. The van der Waals surface area contributed by atoms with Crippen molar-refractivity contribution in [2.45, 2.75) is 31.7 Å². The van der Waals surface area contributed by atoms with Crippen LogP contribution >= 0.6 is 11.6 Å². The van der Waals surface area contributed by atoms with Crippen LogP contribution in [-0.2, 0) is 0 Å². The van der Waals surface area contributed by atoms with Crippen LogP contribution in [0.2, 0.25) is 0 Å². The highest BCUT2D eigenvalue weighted by molar-refractivity contribution is 6.18. The fraction of sp³-hybridized carbons (Fsp3) is 0.500. The Labute approximate surface area is 120 Å². The Bertz CT molecular complexity index is 486. The van der Waals surface area contributed by atoms with E-state index in [1.165, 1.54) is 4.90 Å². The highest BCUT2D eigenvalue weighted by Gasteiger charge is 2.27. The summed E-state index contributed by atoms with van der Waals surface area (Å²) < 4.78 is 39.4. The van der Waals surface area contributed by atoms with Gasteiger partial charge >= 0.3 is 0 Å². The summed E-state index contributed by atoms with van der Waals surface area (Å²) in [6, 6.07) is 1.32. The van der Waals surface area contributed by atoms with Gasteiger partial charge in [-0.1, -0.05) is 12.8 Å². The first kappa shape index (κ1) is 15.2. The maximum atomic E-state index is 13.2. The fourth-order valence-electron chi connectivity index (χ4n) is 2.45. The van der Waals surface area contributed by atoms with Gasteiger partial charge in [0.2, 0.25) is 0 Å². The van der Waals surface area contributed by atoms with Crippen LogP contribution in [0.4, 0.5) is 13.2 Å². The van der Waals surface area contributed by atoms with Gasteiger partial charge < -0.3 is 4.90 Å². The lowest BCUT2D eigenvalue weighted by molar-refractivity contribution is 0.0699. The molecule has 1 aliphatic heterocycles. The minimum Gasteiger partial charge on any atom is -0.334 e. The number of nitrogens with zero attached hydrogens (tertiary/aromatic N) is 1. The number of halogens is 4. The topological polar surface area (TPSA) is 20.3 Å². The van der Waals surface area contributed by atoms with E-state index in [1.807, 2.05) is 0 Å². The van der Waals surface area contributed by atoms with Crippen molar-refractivity contribution in [2.75, 3.05) is 12.4 Å². The summed E-state index contributed by atoms with van der Waals surface area (Å²) in [7, 11) is 0. The first-order chi connectivity index (χ1) is 9.54. The van der Waals surface area contributed by atoms with Crippen LogP contribution in [0.15, 0.2) is 12.1 Å². The lowest BCUT2D eigenvalue weighted by atomic mass is 10.1. The molecule has 0 saturated carbocycles. The number of amides is 1. The minimum atomic E-state index is -1.56. The van der Waals surface area contributed by atoms with Crippen LogP contribution in [0, 0.1) is 17.5 Å². The third kappa shape index (κ3) is 3.08. The van der Waals surface area contributed by atoms with E-state index in [2.05, 4.69) is 0 Å². The van der Waals surface area contributed by atoms with Gasteiger partial charge in [0, 0.05) is 24.0 Å². The molecule has 1 aliphatic rings. The van der Waals surface area contributed by atoms with Crippen molar-refractivity contribution in [3.05, 3.63) is 35.1 Å². The highest BCUT2D eigenvalue weighted by atomic mass is 35.5. The second kappa shape index (κ2) is 6.48. The van der Waals surface area contributed by atoms with E-state index in [1.54, 1.807) is 0 Å². The zero-order chi connectivity index (χ0) is 14.7. The number of carbonyl (C=O) groups excluding carboxylic acids is 1. The highest BCUT2D eigenvalue weighted by Crippen LogP contribution is 2.22. The standard InChI is InChI=1S/C14H15ClF3NO/c15-8-10-4-2-1-3-5-19(10)14(20)9-6-11(16)13(18)12(17)7-9/h6-7,10H,1-5,8H2. The molecule has 1 saturated heterocycles. The predicted molar refractivity (Wildman–Crippen MR) is 70.3 cm³/mol. The van der Waals surface area contributed by atoms with Gasteiger partial charge in [-0.3, -0.25) is 4.79 Å². The maximum Gasteiger partial charge on any atom is 0.254 e. The quantitative estimate of drug-likeness (QED) is 0.602. The molecule has 0 aromatic heterocycles. The van der Waals surface area contributed by atoms with Gasteiger partial charge in [0.05, 0.1) is 0 Å². The number of alkyl halides is 1. The molecule has 0 bridgehead atoms. The number of likely N-dealkylation sites (tertiary alicyclic amines) is 1. The maximum absolute atomic E-state index is 13.2. The molecule has 0 N–H and O–H groups in total. The van der Waals surface area contributed by atoms with Gasteiger partial charge in [-0.25, -0.2) is 13.2 Å². The summed E-state index contributed by atoms with van der Waals surface area (Å²) in [5.41, 5.74) is -0.182. The van der Waals surface area contributed by atoms with Crippen LogP contribution in [0.25, 0.3) is 0 Å². The average Bonchev–Trinajstić information content (AvgIpc) is 2.68. The van der Waals surface area contributed by atoms with Crippen molar-refractivity contribution < 1.29 is 18.0 Å². The summed E-state index contributed by atoms with van der Waals surface area (Å²) in [4.78, 5) is 13.9. The average molecular weight is 306 g/mol. The van der Waals surface area contributed by atoms with Crippen LogP contribution in [0.3, 0.4) is 0 Å². The Morgan fingerprint density at radius 3 is 2.45 bits per heavy atom. The second-order valence-corrected chi connectivity index (χ2v) is 5.22. The summed E-state index contributed by atoms with van der Waals surface area (Å²) in [5, 5.41) is 0. The van der Waals surface area contributed by atoms with Crippen molar-refractivity contribution in [3.8, 4) is 0 Å². The molecular formula is C14H15ClF3NO. The van der Waals surface area contributed by atoms with E-state index in [-0.39, 0.29) is 17.5 Å². The van der Waals surface area contributed by atoms with Gasteiger partial charge in [0.15, 0.2) is 17.5 Å². The van der Waals surface area contributed by atoms with E-state index in [0.29, 0.717) is 6.54 Å². The molecular weight excluding hydrogens is 291 g/mol. The molecule has 1 atom stereocenters. The molecule has 2 rings (SSSR count). The first-order valence-electron chi connectivity index (χ1n) is 6.56. The van der Waals surface area contributed by atoms with Crippen LogP contribution in [0.1, 0.15) is 36.0 Å². The Morgan fingerprint density at radius 2 is 1.85 bits per heavy atom. The second-order valence-electron chi connectivity index (χ2n) is 4.91. The number of carbonyl (C=O) groups is 1. The van der Waals surface area contributed by atoms with Crippen LogP contribution in [0.5, 0.6) is 0 Å². The summed E-state index contributed by atoms with van der Waals surface area (Å²) in [5.74, 6) is -4.50. The number of hydrogen-bond donors (Lipinski definition) is 0. The molecule has 0 radical (unpaired) electrons. The van der Waals surface area contributed by atoms with Crippen molar-refractivity contribution >= 4 is 17.5 Å². The molecule has 20 heavy (non-hydrogen) atoms. The molecule has 6 heteroatoms. The first-order valence-corrected chi connectivity index (χ1v) is 7.09. The lowest BCUT2D eigenvalue weighted by Crippen LogP contribution is -2.41. The molecule has 1 amide bonds. The van der Waals surface area contributed by atoms with Gasteiger partial charge in [-0.2, -0.15) is 0 Å². The molecule has 1 aromatic carbocycles. The van der Waals surface area contributed by atoms with E-state index in [9.17, 15) is 18.0 Å². The summed E-state index contributed by atoms with van der Waals surface area (Å²) in [6.45, 7) is 0.497. The molecule has 1 heterocycles. The smallest absolute Gasteiger partial charge is 0.254 e. The normalized spacial score (nSPS) is 19.8. The van der Waals surface area contributed by atoms with Gasteiger partial charge in [0.1, 0.15) is 0 Å². The molecule has 0 spiro atoms. The number of rotatable bonds is 2.